The number of thiazole rings is 1. The van der Waals surface area contributed by atoms with E-state index in [0.717, 1.165) is 22.5 Å². The second-order valence-corrected chi connectivity index (χ2v) is 12.0. The minimum absolute atomic E-state index is 0.159. The average Bonchev–Trinajstić information content (AvgIpc) is 3.63. The first-order chi connectivity index (χ1) is 16.5. The molecule has 8 nitrogen and oxygen atoms in total. The van der Waals surface area contributed by atoms with E-state index < -0.39 is 16.1 Å². The number of anilines is 1. The second-order valence-electron chi connectivity index (χ2n) is 7.89. The molecule has 4 aromatic rings. The van der Waals surface area contributed by atoms with Crippen molar-refractivity contribution in [3.05, 3.63) is 59.9 Å². The van der Waals surface area contributed by atoms with Crippen molar-refractivity contribution < 1.29 is 22.4 Å². The summed E-state index contributed by atoms with van der Waals surface area (Å²) in [5, 5.41) is 2.22. The summed E-state index contributed by atoms with van der Waals surface area (Å²) in [6.45, 7) is 0.467. The Labute approximate surface area is 205 Å². The lowest BCUT2D eigenvalue weighted by Gasteiger charge is -2.35. The molecule has 178 valence electrons. The Morgan fingerprint density at radius 1 is 1.26 bits per heavy atom. The van der Waals surface area contributed by atoms with Crippen LogP contribution in [0.1, 0.15) is 25.0 Å². The normalized spacial score (nSPS) is 17.1. The van der Waals surface area contributed by atoms with Gasteiger partial charge in [-0.2, -0.15) is 4.31 Å². The number of nitrogens with zero attached hydrogens (tertiary/aromatic N) is 3. The first kappa shape index (κ1) is 23.0. The molecule has 1 amide bonds. The van der Waals surface area contributed by atoms with Crippen LogP contribution in [0, 0.1) is 0 Å². The van der Waals surface area contributed by atoms with E-state index in [1.165, 1.54) is 15.6 Å². The minimum Gasteiger partial charge on any atom is -0.497 e. The summed E-state index contributed by atoms with van der Waals surface area (Å²) in [4.78, 5) is 20.2. The number of benzene rings is 1. The molecule has 1 aliphatic rings. The molecule has 34 heavy (non-hydrogen) atoms. The quantitative estimate of drug-likeness (QED) is 0.352. The van der Waals surface area contributed by atoms with Crippen LogP contribution in [0.15, 0.2) is 62.7 Å². The van der Waals surface area contributed by atoms with Gasteiger partial charge in [-0.15, -0.1) is 11.3 Å². The number of hydrogen-bond acceptors (Lipinski definition) is 8. The third-order valence-electron chi connectivity index (χ3n) is 5.77. The maximum absolute atomic E-state index is 14.0. The SMILES string of the molecule is COc1ccc2sc(N(Cc3ccco3)C(=O)C3CCCCN3S(=O)(=O)c3cccs3)nc2c1. The molecule has 1 unspecified atom stereocenters. The van der Waals surface area contributed by atoms with Crippen molar-refractivity contribution in [1.29, 1.82) is 0 Å². The Hall–Kier alpha value is -2.73. The summed E-state index contributed by atoms with van der Waals surface area (Å²) in [5.41, 5.74) is 0.711. The molecule has 0 N–H and O–H groups in total. The van der Waals surface area contributed by atoms with Gasteiger partial charge in [0, 0.05) is 12.6 Å². The van der Waals surface area contributed by atoms with Gasteiger partial charge in [-0.3, -0.25) is 9.69 Å². The van der Waals surface area contributed by atoms with E-state index in [2.05, 4.69) is 0 Å². The van der Waals surface area contributed by atoms with Gasteiger partial charge in [0.15, 0.2) is 5.13 Å². The number of hydrogen-bond donors (Lipinski definition) is 0. The van der Waals surface area contributed by atoms with Crippen molar-refractivity contribution in [1.82, 2.24) is 9.29 Å². The third kappa shape index (κ3) is 4.36. The molecule has 0 bridgehead atoms. The van der Waals surface area contributed by atoms with Gasteiger partial charge in [-0.1, -0.05) is 23.8 Å². The van der Waals surface area contributed by atoms with Gasteiger partial charge in [-0.05, 0) is 48.6 Å². The number of thiophene rings is 1. The lowest BCUT2D eigenvalue weighted by molar-refractivity contribution is -0.123. The number of methoxy groups -OCH3 is 1. The topological polar surface area (TPSA) is 93.0 Å². The zero-order chi connectivity index (χ0) is 23.7. The Morgan fingerprint density at radius 3 is 2.88 bits per heavy atom. The number of carbonyl (C=O) groups is 1. The molecule has 0 radical (unpaired) electrons. The van der Waals surface area contributed by atoms with E-state index >= 15 is 0 Å². The van der Waals surface area contributed by atoms with Gasteiger partial charge < -0.3 is 9.15 Å². The number of ether oxygens (including phenoxy) is 1. The van der Waals surface area contributed by atoms with Crippen LogP contribution in [0.3, 0.4) is 0 Å². The molecule has 1 aromatic carbocycles. The molecule has 1 saturated heterocycles. The average molecular weight is 518 g/mol. The summed E-state index contributed by atoms with van der Waals surface area (Å²) >= 11 is 2.54. The van der Waals surface area contributed by atoms with E-state index in [4.69, 9.17) is 14.1 Å². The van der Waals surface area contributed by atoms with Crippen molar-refractivity contribution in [3.8, 4) is 5.75 Å². The number of sulfonamides is 1. The Morgan fingerprint density at radius 2 is 2.15 bits per heavy atom. The van der Waals surface area contributed by atoms with Crippen LogP contribution in [0.5, 0.6) is 5.75 Å². The highest BCUT2D eigenvalue weighted by atomic mass is 32.2. The molecule has 5 rings (SSSR count). The van der Waals surface area contributed by atoms with E-state index in [1.54, 1.807) is 47.9 Å². The van der Waals surface area contributed by atoms with Gasteiger partial charge in [0.25, 0.3) is 10.0 Å². The monoisotopic (exact) mass is 517 g/mol. The summed E-state index contributed by atoms with van der Waals surface area (Å²) < 4.78 is 40.1. The zero-order valence-electron chi connectivity index (χ0n) is 18.4. The molecule has 3 aromatic heterocycles. The van der Waals surface area contributed by atoms with E-state index in [0.29, 0.717) is 41.5 Å². The molecular weight excluding hydrogens is 494 g/mol. The Kier molecular flexibility index (Phi) is 6.43. The zero-order valence-corrected chi connectivity index (χ0v) is 20.9. The fourth-order valence-corrected chi connectivity index (χ4v) is 7.80. The van der Waals surface area contributed by atoms with Crippen LogP contribution in [-0.2, 0) is 21.4 Å². The van der Waals surface area contributed by atoms with E-state index in [1.807, 2.05) is 18.2 Å². The van der Waals surface area contributed by atoms with Crippen molar-refractivity contribution in [2.45, 2.75) is 36.1 Å². The Bertz CT molecular complexity index is 1380. The fourth-order valence-electron chi connectivity index (χ4n) is 4.08. The summed E-state index contributed by atoms with van der Waals surface area (Å²) in [5.74, 6) is 0.963. The van der Waals surface area contributed by atoms with Crippen molar-refractivity contribution in [2.75, 3.05) is 18.6 Å². The van der Waals surface area contributed by atoms with Gasteiger partial charge in [0.1, 0.15) is 21.8 Å². The van der Waals surface area contributed by atoms with Crippen LogP contribution in [-0.4, -0.2) is 43.3 Å². The number of carbonyl (C=O) groups excluding carboxylic acids is 1. The van der Waals surface area contributed by atoms with E-state index in [-0.39, 0.29) is 16.7 Å². The van der Waals surface area contributed by atoms with Crippen molar-refractivity contribution in [3.63, 3.8) is 0 Å². The first-order valence-corrected chi connectivity index (χ1v) is 13.9. The Balaban J connectivity index is 1.53. The van der Waals surface area contributed by atoms with Crippen molar-refractivity contribution >= 4 is 54.0 Å². The highest BCUT2D eigenvalue weighted by Crippen LogP contribution is 2.35. The molecule has 0 spiro atoms. The van der Waals surface area contributed by atoms with Gasteiger partial charge in [0.05, 0.1) is 30.1 Å². The van der Waals surface area contributed by atoms with Crippen LogP contribution < -0.4 is 9.64 Å². The lowest BCUT2D eigenvalue weighted by Crippen LogP contribution is -2.52. The van der Waals surface area contributed by atoms with Crippen LogP contribution >= 0.6 is 22.7 Å². The second kappa shape index (κ2) is 9.49. The molecule has 1 atom stereocenters. The summed E-state index contributed by atoms with van der Waals surface area (Å²) in [6, 6.07) is 11.6. The molecule has 1 fully saturated rings. The van der Waals surface area contributed by atoms with Gasteiger partial charge in [0.2, 0.25) is 5.91 Å². The maximum atomic E-state index is 14.0. The number of rotatable bonds is 7. The van der Waals surface area contributed by atoms with Crippen LogP contribution in [0.2, 0.25) is 0 Å². The predicted molar refractivity (Wildman–Crippen MR) is 132 cm³/mol. The number of aromatic nitrogens is 1. The van der Waals surface area contributed by atoms with Gasteiger partial charge >= 0.3 is 0 Å². The third-order valence-corrected chi connectivity index (χ3v) is 10.1. The number of furan rings is 1. The molecule has 4 heterocycles. The van der Waals surface area contributed by atoms with E-state index in [9.17, 15) is 13.2 Å². The number of piperidine rings is 1. The largest absolute Gasteiger partial charge is 0.497 e. The number of fused-ring (bicyclic) bond motifs is 1. The molecule has 0 saturated carbocycles. The fraction of sp³-hybridized carbons (Fsp3) is 0.304. The standard InChI is InChI=1S/C23H23N3O5S3/c1-30-16-9-10-20-18(14-16)24-23(33-20)25(15-17-6-4-12-31-17)22(27)19-7-2-3-11-26(19)34(28,29)21-8-5-13-32-21/h4-6,8-10,12-14,19H,2-3,7,11,15H2,1H3. The maximum Gasteiger partial charge on any atom is 0.253 e. The highest BCUT2D eigenvalue weighted by molar-refractivity contribution is 7.91. The number of amides is 1. The molecule has 1 aliphatic heterocycles. The van der Waals surface area contributed by atoms with Crippen LogP contribution in [0.25, 0.3) is 10.2 Å². The lowest BCUT2D eigenvalue weighted by atomic mass is 10.0. The first-order valence-electron chi connectivity index (χ1n) is 10.8. The molecule has 0 aliphatic carbocycles. The van der Waals surface area contributed by atoms with Gasteiger partial charge in [-0.25, -0.2) is 13.4 Å². The molecular formula is C23H23N3O5S3. The van der Waals surface area contributed by atoms with Crippen LogP contribution in [0.4, 0.5) is 5.13 Å². The molecule has 11 heteroatoms. The summed E-state index contributed by atoms with van der Waals surface area (Å²) in [7, 11) is -2.19. The van der Waals surface area contributed by atoms with Crippen molar-refractivity contribution in [2.24, 2.45) is 0 Å². The summed E-state index contributed by atoms with van der Waals surface area (Å²) in [6.07, 6.45) is 3.50. The highest BCUT2D eigenvalue weighted by Gasteiger charge is 2.41. The predicted octanol–water partition coefficient (Wildman–Crippen LogP) is 4.74. The minimum atomic E-state index is -3.78. The smallest absolute Gasteiger partial charge is 0.253 e.